The molecule has 22 heavy (non-hydrogen) atoms. The third kappa shape index (κ3) is 4.62. The van der Waals surface area contributed by atoms with Crippen LogP contribution in [0.1, 0.15) is 30.0 Å². The summed E-state index contributed by atoms with van der Waals surface area (Å²) in [6.07, 6.45) is 1.24. The van der Waals surface area contributed by atoms with Gasteiger partial charge in [0.25, 0.3) is 0 Å². The maximum atomic E-state index is 12.0. The van der Waals surface area contributed by atoms with Gasteiger partial charge < -0.3 is 10.1 Å². The van der Waals surface area contributed by atoms with Crippen molar-refractivity contribution in [3.05, 3.63) is 59.2 Å². The van der Waals surface area contributed by atoms with E-state index >= 15 is 0 Å². The molecule has 2 aromatic carbocycles. The van der Waals surface area contributed by atoms with Crippen LogP contribution in [0.4, 0.5) is 5.69 Å². The quantitative estimate of drug-likeness (QED) is 0.864. The molecule has 0 bridgehead atoms. The highest BCUT2D eigenvalue weighted by atomic mass is 16.5. The number of nitrogens with one attached hydrogen (secondary N) is 1. The number of hydrogen-bond acceptors (Lipinski definition) is 2. The molecule has 0 saturated heterocycles. The lowest BCUT2D eigenvalue weighted by Gasteiger charge is -2.11. The van der Waals surface area contributed by atoms with E-state index < -0.39 is 0 Å². The fourth-order valence-corrected chi connectivity index (χ4v) is 2.44. The summed E-state index contributed by atoms with van der Waals surface area (Å²) in [7, 11) is 0. The molecule has 1 amide bonds. The van der Waals surface area contributed by atoms with Crippen molar-refractivity contribution in [1.29, 1.82) is 0 Å². The van der Waals surface area contributed by atoms with Crippen LogP contribution in [0.3, 0.4) is 0 Å². The average molecular weight is 297 g/mol. The average Bonchev–Trinajstić information content (AvgIpc) is 2.46. The van der Waals surface area contributed by atoms with Gasteiger partial charge in [0.05, 0.1) is 13.0 Å². The highest BCUT2D eigenvalue weighted by Crippen LogP contribution is 2.17. The lowest BCUT2D eigenvalue weighted by Crippen LogP contribution is -2.16. The van der Waals surface area contributed by atoms with Crippen molar-refractivity contribution in [2.24, 2.45) is 0 Å². The summed E-state index contributed by atoms with van der Waals surface area (Å²) in [5.41, 5.74) is 4.36. The molecule has 0 aromatic heterocycles. The molecule has 116 valence electrons. The highest BCUT2D eigenvalue weighted by molar-refractivity contribution is 5.91. The zero-order chi connectivity index (χ0) is 15.9. The fourth-order valence-electron chi connectivity index (χ4n) is 2.44. The number of anilines is 1. The van der Waals surface area contributed by atoms with Gasteiger partial charge in [-0.1, -0.05) is 31.2 Å². The number of benzene rings is 2. The zero-order valence-electron chi connectivity index (χ0n) is 13.5. The van der Waals surface area contributed by atoms with Gasteiger partial charge in [-0.15, -0.1) is 0 Å². The van der Waals surface area contributed by atoms with E-state index in [1.807, 2.05) is 50.2 Å². The lowest BCUT2D eigenvalue weighted by molar-refractivity contribution is -0.116. The SMILES string of the molecule is CCc1ccccc1NC(=O)CCOc1cc(C)cc(C)c1. The molecule has 0 aliphatic carbocycles. The number of rotatable bonds is 6. The zero-order valence-corrected chi connectivity index (χ0v) is 13.5. The molecule has 3 nitrogen and oxygen atoms in total. The van der Waals surface area contributed by atoms with Crippen molar-refractivity contribution in [3.63, 3.8) is 0 Å². The Balaban J connectivity index is 1.85. The second kappa shape index (κ2) is 7.64. The van der Waals surface area contributed by atoms with Crippen molar-refractivity contribution in [2.45, 2.75) is 33.6 Å². The van der Waals surface area contributed by atoms with E-state index in [1.165, 1.54) is 0 Å². The van der Waals surface area contributed by atoms with Crippen LogP contribution in [0, 0.1) is 13.8 Å². The van der Waals surface area contributed by atoms with Crippen LogP contribution >= 0.6 is 0 Å². The maximum Gasteiger partial charge on any atom is 0.227 e. The first-order valence-electron chi connectivity index (χ1n) is 7.67. The Labute approximate surface area is 132 Å². The van der Waals surface area contributed by atoms with Crippen LogP contribution < -0.4 is 10.1 Å². The minimum absolute atomic E-state index is 0.0229. The van der Waals surface area contributed by atoms with Gasteiger partial charge in [0.1, 0.15) is 5.75 Å². The highest BCUT2D eigenvalue weighted by Gasteiger charge is 2.06. The van der Waals surface area contributed by atoms with Crippen molar-refractivity contribution < 1.29 is 9.53 Å². The Morgan fingerprint density at radius 3 is 2.45 bits per heavy atom. The van der Waals surface area contributed by atoms with E-state index in [2.05, 4.69) is 18.3 Å². The van der Waals surface area contributed by atoms with E-state index in [-0.39, 0.29) is 5.91 Å². The Bertz CT molecular complexity index is 629. The number of ether oxygens (including phenoxy) is 1. The van der Waals surface area contributed by atoms with Gasteiger partial charge in [-0.2, -0.15) is 0 Å². The number of aryl methyl sites for hydroxylation is 3. The lowest BCUT2D eigenvalue weighted by atomic mass is 10.1. The largest absolute Gasteiger partial charge is 0.493 e. The van der Waals surface area contributed by atoms with E-state index in [0.717, 1.165) is 34.5 Å². The van der Waals surface area contributed by atoms with Gasteiger partial charge in [-0.05, 0) is 55.2 Å². The smallest absolute Gasteiger partial charge is 0.227 e. The topological polar surface area (TPSA) is 38.3 Å². The van der Waals surface area contributed by atoms with Crippen molar-refractivity contribution in [3.8, 4) is 5.75 Å². The molecule has 0 aliphatic rings. The molecule has 3 heteroatoms. The molecule has 0 saturated carbocycles. The Morgan fingerprint density at radius 2 is 1.77 bits per heavy atom. The van der Waals surface area contributed by atoms with Crippen LogP contribution in [0.25, 0.3) is 0 Å². The van der Waals surface area contributed by atoms with Crippen LogP contribution in [0.2, 0.25) is 0 Å². The first-order valence-corrected chi connectivity index (χ1v) is 7.67. The van der Waals surface area contributed by atoms with Gasteiger partial charge in [-0.25, -0.2) is 0 Å². The van der Waals surface area contributed by atoms with Gasteiger partial charge in [-0.3, -0.25) is 4.79 Å². The monoisotopic (exact) mass is 297 g/mol. The molecule has 0 fully saturated rings. The van der Waals surface area contributed by atoms with Crippen molar-refractivity contribution in [1.82, 2.24) is 0 Å². The molecule has 1 N–H and O–H groups in total. The van der Waals surface area contributed by atoms with Crippen LogP contribution in [-0.4, -0.2) is 12.5 Å². The Morgan fingerprint density at radius 1 is 1.09 bits per heavy atom. The van der Waals surface area contributed by atoms with Crippen LogP contribution in [0.15, 0.2) is 42.5 Å². The van der Waals surface area contributed by atoms with Gasteiger partial charge in [0.2, 0.25) is 5.91 Å². The maximum absolute atomic E-state index is 12.0. The third-order valence-corrected chi connectivity index (χ3v) is 3.47. The summed E-state index contributed by atoms with van der Waals surface area (Å²) >= 11 is 0. The van der Waals surface area contributed by atoms with Gasteiger partial charge >= 0.3 is 0 Å². The van der Waals surface area contributed by atoms with Gasteiger partial charge in [0, 0.05) is 5.69 Å². The van der Waals surface area contributed by atoms with Crippen molar-refractivity contribution >= 4 is 11.6 Å². The molecule has 2 rings (SSSR count). The van der Waals surface area contributed by atoms with Crippen LogP contribution in [0.5, 0.6) is 5.75 Å². The predicted octanol–water partition coefficient (Wildman–Crippen LogP) is 4.27. The molecule has 0 atom stereocenters. The predicted molar refractivity (Wildman–Crippen MR) is 90.5 cm³/mol. The molecule has 0 unspecified atom stereocenters. The first-order chi connectivity index (χ1) is 10.6. The number of carbonyl (C=O) groups is 1. The molecular formula is C19H23NO2. The molecular weight excluding hydrogens is 274 g/mol. The number of amides is 1. The number of hydrogen-bond donors (Lipinski definition) is 1. The summed E-state index contributed by atoms with van der Waals surface area (Å²) < 4.78 is 5.67. The molecule has 0 aliphatic heterocycles. The van der Waals surface area contributed by atoms with E-state index in [9.17, 15) is 4.79 Å². The molecule has 0 heterocycles. The summed E-state index contributed by atoms with van der Waals surface area (Å²) in [6.45, 7) is 6.53. The van der Waals surface area contributed by atoms with E-state index in [1.54, 1.807) is 0 Å². The summed E-state index contributed by atoms with van der Waals surface area (Å²) in [5.74, 6) is 0.796. The molecule has 2 aromatic rings. The van der Waals surface area contributed by atoms with E-state index in [4.69, 9.17) is 4.74 Å². The number of para-hydroxylation sites is 1. The van der Waals surface area contributed by atoms with Crippen molar-refractivity contribution in [2.75, 3.05) is 11.9 Å². The van der Waals surface area contributed by atoms with Crippen LogP contribution in [-0.2, 0) is 11.2 Å². The third-order valence-electron chi connectivity index (χ3n) is 3.47. The molecule has 0 spiro atoms. The Kier molecular flexibility index (Phi) is 5.59. The summed E-state index contributed by atoms with van der Waals surface area (Å²) in [5, 5.41) is 2.95. The summed E-state index contributed by atoms with van der Waals surface area (Å²) in [6, 6.07) is 13.9. The van der Waals surface area contributed by atoms with E-state index in [0.29, 0.717) is 13.0 Å². The molecule has 0 radical (unpaired) electrons. The normalized spacial score (nSPS) is 10.3. The summed E-state index contributed by atoms with van der Waals surface area (Å²) in [4.78, 5) is 12.0. The Hall–Kier alpha value is -2.29. The standard InChI is InChI=1S/C19H23NO2/c1-4-16-7-5-6-8-18(16)20-19(21)9-10-22-17-12-14(2)11-15(3)13-17/h5-8,11-13H,4,9-10H2,1-3H3,(H,20,21). The minimum atomic E-state index is -0.0229. The van der Waals surface area contributed by atoms with Gasteiger partial charge in [0.15, 0.2) is 0 Å². The number of carbonyl (C=O) groups excluding carboxylic acids is 1. The fraction of sp³-hybridized carbons (Fsp3) is 0.316. The second-order valence-corrected chi connectivity index (χ2v) is 5.48. The first kappa shape index (κ1) is 16.1. The minimum Gasteiger partial charge on any atom is -0.493 e. The second-order valence-electron chi connectivity index (χ2n) is 5.48.